The minimum absolute atomic E-state index is 0.00558. The third kappa shape index (κ3) is 4.60. The number of carbonyl (C=O) groups excluding carboxylic acids is 1. The molecule has 1 aliphatic carbocycles. The van der Waals surface area contributed by atoms with Gasteiger partial charge in [-0.05, 0) is 37.0 Å². The molecule has 1 aliphatic rings. The van der Waals surface area contributed by atoms with E-state index in [9.17, 15) is 9.59 Å². The summed E-state index contributed by atoms with van der Waals surface area (Å²) in [6.45, 7) is 0.351. The van der Waals surface area contributed by atoms with Gasteiger partial charge in [-0.1, -0.05) is 19.3 Å². The van der Waals surface area contributed by atoms with Crippen molar-refractivity contribution in [3.05, 3.63) is 40.8 Å². The standard InChI is InChI=1S/C19H24N2O4/c20-11-16(13-4-2-1-3-5-13)21-18(22)12-24-15-8-6-14-7-9-19(23)25-17(14)10-15/h6-10,13,16H,1-5,11-12,20H2,(H,21,22). The van der Waals surface area contributed by atoms with Gasteiger partial charge in [0.2, 0.25) is 0 Å². The van der Waals surface area contributed by atoms with Gasteiger partial charge in [0.1, 0.15) is 11.3 Å². The first kappa shape index (κ1) is 17.5. The lowest BCUT2D eigenvalue weighted by Crippen LogP contribution is -2.47. The van der Waals surface area contributed by atoms with Crippen molar-refractivity contribution in [3.63, 3.8) is 0 Å². The predicted molar refractivity (Wildman–Crippen MR) is 95.5 cm³/mol. The quantitative estimate of drug-likeness (QED) is 0.784. The molecule has 1 aromatic heterocycles. The Hall–Kier alpha value is -2.34. The molecule has 1 heterocycles. The van der Waals surface area contributed by atoms with Crippen LogP contribution in [0.15, 0.2) is 39.5 Å². The number of carbonyl (C=O) groups is 1. The van der Waals surface area contributed by atoms with Crippen LogP contribution in [0.25, 0.3) is 11.0 Å². The van der Waals surface area contributed by atoms with Gasteiger partial charge in [0, 0.05) is 30.1 Å². The number of benzene rings is 1. The number of hydrogen-bond acceptors (Lipinski definition) is 5. The summed E-state index contributed by atoms with van der Waals surface area (Å²) in [4.78, 5) is 23.5. The number of hydrogen-bond donors (Lipinski definition) is 2. The Morgan fingerprint density at radius 3 is 2.76 bits per heavy atom. The molecule has 0 saturated heterocycles. The molecule has 3 N–H and O–H groups in total. The van der Waals surface area contributed by atoms with Crippen LogP contribution in [0.5, 0.6) is 5.75 Å². The average Bonchev–Trinajstić information content (AvgIpc) is 2.64. The summed E-state index contributed by atoms with van der Waals surface area (Å²) in [7, 11) is 0. The van der Waals surface area contributed by atoms with Crippen LogP contribution >= 0.6 is 0 Å². The van der Waals surface area contributed by atoms with E-state index < -0.39 is 5.63 Å². The minimum Gasteiger partial charge on any atom is -0.484 e. The number of nitrogens with one attached hydrogen (secondary N) is 1. The molecule has 0 radical (unpaired) electrons. The highest BCUT2D eigenvalue weighted by Gasteiger charge is 2.24. The lowest BCUT2D eigenvalue weighted by molar-refractivity contribution is -0.124. The van der Waals surface area contributed by atoms with E-state index in [-0.39, 0.29) is 18.6 Å². The molecule has 134 valence electrons. The monoisotopic (exact) mass is 344 g/mol. The van der Waals surface area contributed by atoms with Crippen molar-refractivity contribution in [2.24, 2.45) is 11.7 Å². The second kappa shape index (κ2) is 8.16. The van der Waals surface area contributed by atoms with Crippen LogP contribution in [-0.4, -0.2) is 25.1 Å². The zero-order valence-electron chi connectivity index (χ0n) is 14.2. The van der Waals surface area contributed by atoms with Gasteiger partial charge in [-0.2, -0.15) is 0 Å². The highest BCUT2D eigenvalue weighted by molar-refractivity contribution is 5.79. The van der Waals surface area contributed by atoms with Crippen LogP contribution in [0.1, 0.15) is 32.1 Å². The fourth-order valence-corrected chi connectivity index (χ4v) is 3.43. The van der Waals surface area contributed by atoms with Gasteiger partial charge < -0.3 is 20.2 Å². The zero-order chi connectivity index (χ0) is 17.6. The van der Waals surface area contributed by atoms with Crippen molar-refractivity contribution < 1.29 is 13.9 Å². The van der Waals surface area contributed by atoms with E-state index in [4.69, 9.17) is 14.9 Å². The van der Waals surface area contributed by atoms with Crippen molar-refractivity contribution in [2.45, 2.75) is 38.1 Å². The molecular formula is C19H24N2O4. The van der Waals surface area contributed by atoms with Crippen molar-refractivity contribution in [2.75, 3.05) is 13.2 Å². The van der Waals surface area contributed by atoms with E-state index in [1.165, 1.54) is 25.3 Å². The fourth-order valence-electron chi connectivity index (χ4n) is 3.43. The summed E-state index contributed by atoms with van der Waals surface area (Å²) in [5.74, 6) is 0.757. The number of fused-ring (bicyclic) bond motifs is 1. The molecule has 1 atom stereocenters. The Bertz CT molecular complexity index is 780. The van der Waals surface area contributed by atoms with Gasteiger partial charge in [-0.3, -0.25) is 4.79 Å². The van der Waals surface area contributed by atoms with Gasteiger partial charge in [0.25, 0.3) is 5.91 Å². The largest absolute Gasteiger partial charge is 0.484 e. The highest BCUT2D eigenvalue weighted by atomic mass is 16.5. The molecule has 3 rings (SSSR count). The number of amides is 1. The van der Waals surface area contributed by atoms with E-state index in [1.807, 2.05) is 0 Å². The third-order valence-corrected chi connectivity index (χ3v) is 4.78. The van der Waals surface area contributed by atoms with Crippen LogP contribution in [0.3, 0.4) is 0 Å². The molecule has 1 saturated carbocycles. The van der Waals surface area contributed by atoms with Crippen LogP contribution in [0, 0.1) is 5.92 Å². The molecule has 25 heavy (non-hydrogen) atoms. The van der Waals surface area contributed by atoms with Crippen LogP contribution in [0.4, 0.5) is 0 Å². The summed E-state index contributed by atoms with van der Waals surface area (Å²) in [5.41, 5.74) is 5.86. The van der Waals surface area contributed by atoms with E-state index in [0.717, 1.165) is 18.2 Å². The van der Waals surface area contributed by atoms with E-state index in [0.29, 0.717) is 23.8 Å². The smallest absolute Gasteiger partial charge is 0.336 e. The number of rotatable bonds is 6. The molecule has 2 aromatic rings. The molecule has 1 unspecified atom stereocenters. The van der Waals surface area contributed by atoms with Crippen molar-refractivity contribution in [3.8, 4) is 5.75 Å². The maximum Gasteiger partial charge on any atom is 0.336 e. The van der Waals surface area contributed by atoms with Crippen LogP contribution in [-0.2, 0) is 4.79 Å². The molecule has 6 heteroatoms. The topological polar surface area (TPSA) is 94.6 Å². The first-order valence-electron chi connectivity index (χ1n) is 8.82. The maximum absolute atomic E-state index is 12.2. The molecular weight excluding hydrogens is 320 g/mol. The summed E-state index contributed by atoms with van der Waals surface area (Å²) < 4.78 is 10.7. The Morgan fingerprint density at radius 1 is 1.24 bits per heavy atom. The molecule has 6 nitrogen and oxygen atoms in total. The molecule has 0 spiro atoms. The van der Waals surface area contributed by atoms with Crippen LogP contribution < -0.4 is 21.4 Å². The highest BCUT2D eigenvalue weighted by Crippen LogP contribution is 2.26. The Morgan fingerprint density at radius 2 is 2.00 bits per heavy atom. The second-order valence-electron chi connectivity index (χ2n) is 6.55. The lowest BCUT2D eigenvalue weighted by Gasteiger charge is -2.30. The molecule has 1 amide bonds. The number of nitrogens with two attached hydrogens (primary N) is 1. The van der Waals surface area contributed by atoms with E-state index >= 15 is 0 Å². The van der Waals surface area contributed by atoms with Crippen molar-refractivity contribution >= 4 is 16.9 Å². The van der Waals surface area contributed by atoms with E-state index in [1.54, 1.807) is 24.3 Å². The summed E-state index contributed by atoms with van der Waals surface area (Å²) in [6.07, 6.45) is 5.91. The van der Waals surface area contributed by atoms with Gasteiger partial charge in [-0.25, -0.2) is 4.79 Å². The lowest BCUT2D eigenvalue weighted by atomic mass is 9.84. The second-order valence-corrected chi connectivity index (χ2v) is 6.55. The summed E-state index contributed by atoms with van der Waals surface area (Å²) in [5, 5.41) is 3.79. The van der Waals surface area contributed by atoms with Gasteiger partial charge in [-0.15, -0.1) is 0 Å². The predicted octanol–water partition coefficient (Wildman–Crippen LogP) is 2.20. The van der Waals surface area contributed by atoms with Gasteiger partial charge in [0.05, 0.1) is 0 Å². The van der Waals surface area contributed by atoms with Crippen molar-refractivity contribution in [1.82, 2.24) is 5.32 Å². The van der Waals surface area contributed by atoms with E-state index in [2.05, 4.69) is 5.32 Å². The fraction of sp³-hybridized carbons (Fsp3) is 0.474. The molecule has 1 aromatic carbocycles. The first-order chi connectivity index (χ1) is 12.2. The van der Waals surface area contributed by atoms with Gasteiger partial charge in [0.15, 0.2) is 6.61 Å². The first-order valence-corrected chi connectivity index (χ1v) is 8.82. The summed E-state index contributed by atoms with van der Waals surface area (Å²) in [6, 6.07) is 8.22. The minimum atomic E-state index is -0.416. The maximum atomic E-state index is 12.2. The summed E-state index contributed by atoms with van der Waals surface area (Å²) >= 11 is 0. The number of ether oxygens (including phenoxy) is 1. The molecule has 0 bridgehead atoms. The Balaban J connectivity index is 1.56. The van der Waals surface area contributed by atoms with Gasteiger partial charge >= 0.3 is 5.63 Å². The Labute approximate surface area is 146 Å². The molecule has 1 fully saturated rings. The SMILES string of the molecule is NCC(NC(=O)COc1ccc2ccc(=O)oc2c1)C1CCCCC1. The zero-order valence-corrected chi connectivity index (χ0v) is 14.2. The Kier molecular flexibility index (Phi) is 5.71. The molecule has 0 aliphatic heterocycles. The van der Waals surface area contributed by atoms with Crippen LogP contribution in [0.2, 0.25) is 0 Å². The van der Waals surface area contributed by atoms with Crippen molar-refractivity contribution in [1.29, 1.82) is 0 Å². The average molecular weight is 344 g/mol. The normalized spacial score (nSPS) is 16.5. The third-order valence-electron chi connectivity index (χ3n) is 4.78.